The molecule has 4 heteroatoms. The van der Waals surface area contributed by atoms with Crippen molar-refractivity contribution in [2.45, 2.75) is 18.9 Å². The van der Waals surface area contributed by atoms with Crippen molar-refractivity contribution in [2.75, 3.05) is 0 Å². The number of carbonyl (C=O) groups excluding carboxylic acids is 2. The van der Waals surface area contributed by atoms with E-state index in [0.717, 1.165) is 0 Å². The summed E-state index contributed by atoms with van der Waals surface area (Å²) in [4.78, 5) is 25.1. The third-order valence-corrected chi connectivity index (χ3v) is 2.04. The van der Waals surface area contributed by atoms with Crippen LogP contribution >= 0.6 is 0 Å². The summed E-state index contributed by atoms with van der Waals surface area (Å²) in [5.74, 6) is -0.430. The minimum atomic E-state index is -0.578. The molecule has 1 aromatic heterocycles. The summed E-state index contributed by atoms with van der Waals surface area (Å²) in [5, 5.41) is 0. The fourth-order valence-corrected chi connectivity index (χ4v) is 1.37. The zero-order valence-electron chi connectivity index (χ0n) is 6.95. The highest BCUT2D eigenvalue weighted by molar-refractivity contribution is 6.00. The van der Waals surface area contributed by atoms with Crippen molar-refractivity contribution in [3.05, 3.63) is 24.0 Å². The van der Waals surface area contributed by atoms with Gasteiger partial charge in [0.2, 0.25) is 5.78 Å². The van der Waals surface area contributed by atoms with Gasteiger partial charge in [0.1, 0.15) is 0 Å². The Kier molecular flexibility index (Phi) is 1.88. The van der Waals surface area contributed by atoms with Crippen molar-refractivity contribution < 1.29 is 14.3 Å². The first-order valence-electron chi connectivity index (χ1n) is 4.14. The molecule has 1 unspecified atom stereocenters. The molecule has 1 atom stereocenters. The maximum absolute atomic E-state index is 11.5. The van der Waals surface area contributed by atoms with Gasteiger partial charge >= 0.3 is 5.97 Å². The first kappa shape index (κ1) is 8.04. The SMILES string of the molecule is O=C1CCC(C(=O)c2ccc[nH]2)O1. The van der Waals surface area contributed by atoms with E-state index in [1.54, 1.807) is 18.3 Å². The molecule has 1 fully saturated rings. The fourth-order valence-electron chi connectivity index (χ4n) is 1.37. The Morgan fingerprint density at radius 1 is 1.62 bits per heavy atom. The van der Waals surface area contributed by atoms with Crippen LogP contribution in [0, 0.1) is 0 Å². The van der Waals surface area contributed by atoms with Crippen LogP contribution < -0.4 is 0 Å². The van der Waals surface area contributed by atoms with Crippen molar-refractivity contribution in [3.8, 4) is 0 Å². The summed E-state index contributed by atoms with van der Waals surface area (Å²) in [5.41, 5.74) is 0.500. The zero-order valence-corrected chi connectivity index (χ0v) is 6.95. The largest absolute Gasteiger partial charge is 0.454 e. The third-order valence-electron chi connectivity index (χ3n) is 2.04. The maximum Gasteiger partial charge on any atom is 0.306 e. The van der Waals surface area contributed by atoms with E-state index in [-0.39, 0.29) is 11.8 Å². The van der Waals surface area contributed by atoms with Gasteiger partial charge in [-0.3, -0.25) is 9.59 Å². The van der Waals surface area contributed by atoms with E-state index in [1.165, 1.54) is 0 Å². The number of rotatable bonds is 2. The Morgan fingerprint density at radius 2 is 2.46 bits per heavy atom. The van der Waals surface area contributed by atoms with Gasteiger partial charge in [-0.15, -0.1) is 0 Å². The molecule has 2 heterocycles. The Hall–Kier alpha value is -1.58. The van der Waals surface area contributed by atoms with Crippen LogP contribution in [0.3, 0.4) is 0 Å². The van der Waals surface area contributed by atoms with E-state index in [4.69, 9.17) is 4.74 Å². The van der Waals surface area contributed by atoms with E-state index in [1.807, 2.05) is 0 Å². The molecule has 1 N–H and O–H groups in total. The second-order valence-electron chi connectivity index (χ2n) is 2.97. The number of ether oxygens (including phenoxy) is 1. The van der Waals surface area contributed by atoms with E-state index in [9.17, 15) is 9.59 Å². The van der Waals surface area contributed by atoms with Crippen molar-refractivity contribution in [1.82, 2.24) is 4.98 Å². The zero-order chi connectivity index (χ0) is 9.26. The van der Waals surface area contributed by atoms with Crippen LogP contribution in [0.25, 0.3) is 0 Å². The number of H-pyrrole nitrogens is 1. The number of hydrogen-bond acceptors (Lipinski definition) is 3. The van der Waals surface area contributed by atoms with Gasteiger partial charge in [0.15, 0.2) is 6.10 Å². The summed E-state index contributed by atoms with van der Waals surface area (Å²) in [7, 11) is 0. The number of hydrogen-bond donors (Lipinski definition) is 1. The monoisotopic (exact) mass is 179 g/mol. The second-order valence-corrected chi connectivity index (χ2v) is 2.97. The van der Waals surface area contributed by atoms with Crippen LogP contribution in [-0.4, -0.2) is 22.8 Å². The Morgan fingerprint density at radius 3 is 3.00 bits per heavy atom. The van der Waals surface area contributed by atoms with E-state index >= 15 is 0 Å². The molecule has 0 saturated carbocycles. The van der Waals surface area contributed by atoms with Crippen LogP contribution in [0.15, 0.2) is 18.3 Å². The molecule has 1 aromatic rings. The van der Waals surface area contributed by atoms with Gasteiger partial charge in [-0.2, -0.15) is 0 Å². The number of Topliss-reactive ketones (excluding diaryl/α,β-unsaturated/α-hetero) is 1. The predicted octanol–water partition coefficient (Wildman–Crippen LogP) is 0.903. The highest BCUT2D eigenvalue weighted by Crippen LogP contribution is 2.17. The van der Waals surface area contributed by atoms with Gasteiger partial charge in [-0.1, -0.05) is 0 Å². The van der Waals surface area contributed by atoms with E-state index in [2.05, 4.69) is 4.98 Å². The summed E-state index contributed by atoms with van der Waals surface area (Å²) in [6.07, 6.45) is 1.93. The van der Waals surface area contributed by atoms with Crippen molar-refractivity contribution in [3.63, 3.8) is 0 Å². The number of esters is 1. The summed E-state index contributed by atoms with van der Waals surface area (Å²) < 4.78 is 4.84. The molecule has 0 aliphatic carbocycles. The molecule has 13 heavy (non-hydrogen) atoms. The smallest absolute Gasteiger partial charge is 0.306 e. The minimum Gasteiger partial charge on any atom is -0.454 e. The Balaban J connectivity index is 2.10. The average molecular weight is 179 g/mol. The summed E-state index contributed by atoms with van der Waals surface area (Å²) >= 11 is 0. The maximum atomic E-state index is 11.5. The topological polar surface area (TPSA) is 59.2 Å². The lowest BCUT2D eigenvalue weighted by molar-refractivity contribution is -0.140. The molecule has 0 radical (unpaired) electrons. The quantitative estimate of drug-likeness (QED) is 0.542. The normalized spacial score (nSPS) is 21.5. The lowest BCUT2D eigenvalue weighted by atomic mass is 10.1. The van der Waals surface area contributed by atoms with Crippen molar-refractivity contribution >= 4 is 11.8 Å². The number of aromatic amines is 1. The number of aromatic nitrogens is 1. The van der Waals surface area contributed by atoms with Gasteiger partial charge in [-0.25, -0.2) is 0 Å². The van der Waals surface area contributed by atoms with E-state index in [0.29, 0.717) is 18.5 Å². The first-order valence-corrected chi connectivity index (χ1v) is 4.14. The van der Waals surface area contributed by atoms with Crippen LogP contribution in [0.5, 0.6) is 0 Å². The minimum absolute atomic E-state index is 0.143. The van der Waals surface area contributed by atoms with Crippen LogP contribution in [-0.2, 0) is 9.53 Å². The van der Waals surface area contributed by atoms with Crippen molar-refractivity contribution in [1.29, 1.82) is 0 Å². The molecule has 1 aliphatic heterocycles. The number of nitrogens with one attached hydrogen (secondary N) is 1. The first-order chi connectivity index (χ1) is 6.27. The Bertz CT molecular complexity index is 329. The van der Waals surface area contributed by atoms with Gasteiger partial charge in [0, 0.05) is 19.0 Å². The molecule has 1 aliphatic rings. The van der Waals surface area contributed by atoms with E-state index < -0.39 is 6.10 Å². The lowest BCUT2D eigenvalue weighted by Gasteiger charge is -2.05. The molecule has 1 saturated heterocycles. The van der Waals surface area contributed by atoms with Crippen molar-refractivity contribution in [2.24, 2.45) is 0 Å². The molecule has 4 nitrogen and oxygen atoms in total. The predicted molar refractivity (Wildman–Crippen MR) is 44.2 cm³/mol. The highest BCUT2D eigenvalue weighted by atomic mass is 16.6. The molecule has 2 rings (SSSR count). The second kappa shape index (κ2) is 3.05. The fraction of sp³-hybridized carbons (Fsp3) is 0.333. The third kappa shape index (κ3) is 1.47. The molecular formula is C9H9NO3. The molecule has 0 aromatic carbocycles. The van der Waals surface area contributed by atoms with Gasteiger partial charge in [0.25, 0.3) is 0 Å². The molecule has 0 spiro atoms. The summed E-state index contributed by atoms with van der Waals surface area (Å²) in [6, 6.07) is 3.42. The molecule has 68 valence electrons. The van der Waals surface area contributed by atoms with Crippen LogP contribution in [0.2, 0.25) is 0 Å². The molecule has 0 amide bonds. The summed E-state index contributed by atoms with van der Waals surface area (Å²) in [6.45, 7) is 0. The molecular weight excluding hydrogens is 170 g/mol. The highest BCUT2D eigenvalue weighted by Gasteiger charge is 2.30. The van der Waals surface area contributed by atoms with Crippen LogP contribution in [0.4, 0.5) is 0 Å². The standard InChI is InChI=1S/C9H9NO3/c11-8-4-3-7(13-8)9(12)6-2-1-5-10-6/h1-2,5,7,10H,3-4H2. The number of ketones is 1. The average Bonchev–Trinajstić information content (AvgIpc) is 2.72. The van der Waals surface area contributed by atoms with Gasteiger partial charge in [0.05, 0.1) is 5.69 Å². The van der Waals surface area contributed by atoms with Gasteiger partial charge in [-0.05, 0) is 12.1 Å². The lowest BCUT2D eigenvalue weighted by Crippen LogP contribution is -2.20. The number of carbonyl (C=O) groups is 2. The van der Waals surface area contributed by atoms with Gasteiger partial charge < -0.3 is 9.72 Å². The molecule has 0 bridgehead atoms. The number of cyclic esters (lactones) is 1. The Labute approximate surface area is 74.9 Å². The van der Waals surface area contributed by atoms with Crippen LogP contribution in [0.1, 0.15) is 23.3 Å².